The fraction of sp³-hybridized carbons (Fsp3) is 0.0769. The van der Waals surface area contributed by atoms with Crippen LogP contribution in [0.5, 0.6) is 0 Å². The van der Waals surface area contributed by atoms with Crippen molar-refractivity contribution in [3.63, 3.8) is 0 Å². The van der Waals surface area contributed by atoms with Crippen LogP contribution in [0.15, 0.2) is 30.6 Å². The fourth-order valence-corrected chi connectivity index (χ4v) is 2.72. The Balaban J connectivity index is 2.43. The molecule has 1 aromatic carbocycles. The Kier molecular flexibility index (Phi) is 3.13. The Morgan fingerprint density at radius 2 is 1.95 bits per heavy atom. The van der Waals surface area contributed by atoms with Gasteiger partial charge in [-0.2, -0.15) is 0 Å². The highest BCUT2D eigenvalue weighted by Crippen LogP contribution is 2.37. The maximum absolute atomic E-state index is 6.28. The first kappa shape index (κ1) is 12.7. The molecule has 0 aliphatic rings. The van der Waals surface area contributed by atoms with Gasteiger partial charge in [-0.1, -0.05) is 35.3 Å². The van der Waals surface area contributed by atoms with E-state index in [-0.39, 0.29) is 0 Å². The predicted molar refractivity (Wildman–Crippen MR) is 78.2 cm³/mol. The number of benzene rings is 1. The summed E-state index contributed by atoms with van der Waals surface area (Å²) in [5.74, 6) is 0. The van der Waals surface area contributed by atoms with Crippen LogP contribution in [0.2, 0.25) is 15.3 Å². The Morgan fingerprint density at radius 1 is 1.16 bits per heavy atom. The van der Waals surface area contributed by atoms with Crippen LogP contribution in [0.4, 0.5) is 0 Å². The van der Waals surface area contributed by atoms with Crippen molar-refractivity contribution >= 4 is 40.4 Å². The van der Waals surface area contributed by atoms with E-state index in [9.17, 15) is 0 Å². The summed E-state index contributed by atoms with van der Waals surface area (Å²) in [4.78, 5) is 8.63. The molecule has 0 atom stereocenters. The van der Waals surface area contributed by atoms with Crippen molar-refractivity contribution in [3.05, 3.63) is 51.6 Å². The number of imidazole rings is 1. The third-order valence-corrected chi connectivity index (χ3v) is 3.99. The lowest BCUT2D eigenvalue weighted by Gasteiger charge is -2.11. The van der Waals surface area contributed by atoms with Gasteiger partial charge in [0.1, 0.15) is 5.65 Å². The second-order valence-corrected chi connectivity index (χ2v) is 5.19. The number of nitrogens with zero attached hydrogens (tertiary/aromatic N) is 3. The molecule has 3 nitrogen and oxygen atoms in total. The maximum atomic E-state index is 6.28. The van der Waals surface area contributed by atoms with Crippen LogP contribution in [0.25, 0.3) is 16.8 Å². The molecule has 0 fully saturated rings. The summed E-state index contributed by atoms with van der Waals surface area (Å²) in [5, 5.41) is 1.35. The molecule has 0 spiro atoms. The van der Waals surface area contributed by atoms with E-state index in [2.05, 4.69) is 9.97 Å². The average molecular weight is 313 g/mol. The fourth-order valence-electron chi connectivity index (χ4n) is 2.06. The lowest BCUT2D eigenvalue weighted by molar-refractivity contribution is 1.05. The molecule has 0 unspecified atom stereocenters. The number of fused-ring (bicyclic) bond motifs is 1. The van der Waals surface area contributed by atoms with Crippen molar-refractivity contribution in [1.29, 1.82) is 0 Å². The molecule has 0 bridgehead atoms. The molecular formula is C13H8Cl3N3. The molecule has 2 aromatic heterocycles. The van der Waals surface area contributed by atoms with E-state index in [0.717, 1.165) is 16.8 Å². The quantitative estimate of drug-likeness (QED) is 0.611. The van der Waals surface area contributed by atoms with Gasteiger partial charge < -0.3 is 0 Å². The van der Waals surface area contributed by atoms with Crippen LogP contribution >= 0.6 is 34.8 Å². The number of aromatic nitrogens is 3. The van der Waals surface area contributed by atoms with Crippen LogP contribution < -0.4 is 0 Å². The Hall–Kier alpha value is -1.29. The molecular weight excluding hydrogens is 305 g/mol. The average Bonchev–Trinajstić information content (AvgIpc) is 2.84. The Labute approximate surface area is 124 Å². The van der Waals surface area contributed by atoms with Gasteiger partial charge in [-0.3, -0.25) is 4.40 Å². The lowest BCUT2D eigenvalue weighted by atomic mass is 10.1. The first-order valence-corrected chi connectivity index (χ1v) is 6.66. The molecule has 0 aliphatic carbocycles. The van der Waals surface area contributed by atoms with Crippen molar-refractivity contribution in [1.82, 2.24) is 14.4 Å². The molecule has 19 heavy (non-hydrogen) atoms. The molecule has 96 valence electrons. The van der Waals surface area contributed by atoms with Crippen molar-refractivity contribution in [2.75, 3.05) is 0 Å². The van der Waals surface area contributed by atoms with Gasteiger partial charge in [0.2, 0.25) is 5.28 Å². The van der Waals surface area contributed by atoms with Gasteiger partial charge in [0.05, 0.1) is 15.7 Å². The van der Waals surface area contributed by atoms with Crippen molar-refractivity contribution in [3.8, 4) is 11.1 Å². The molecule has 3 rings (SSSR count). The molecule has 6 heteroatoms. The summed E-state index contributed by atoms with van der Waals surface area (Å²) in [6.45, 7) is 1.87. The van der Waals surface area contributed by atoms with Gasteiger partial charge in [0, 0.05) is 23.5 Å². The zero-order valence-corrected chi connectivity index (χ0v) is 12.1. The Bertz CT molecular complexity index is 780. The molecule has 0 saturated carbocycles. The van der Waals surface area contributed by atoms with Gasteiger partial charge in [0.15, 0.2) is 0 Å². The van der Waals surface area contributed by atoms with Crippen LogP contribution in [0.3, 0.4) is 0 Å². The molecule has 0 saturated heterocycles. The van der Waals surface area contributed by atoms with E-state index >= 15 is 0 Å². The molecule has 0 radical (unpaired) electrons. The van der Waals surface area contributed by atoms with E-state index in [0.29, 0.717) is 21.0 Å². The molecule has 0 amide bonds. The molecule has 0 N–H and O–H groups in total. The maximum Gasteiger partial charge on any atom is 0.208 e. The Morgan fingerprint density at radius 3 is 2.74 bits per heavy atom. The summed E-state index contributed by atoms with van der Waals surface area (Å²) in [6, 6.07) is 5.48. The molecule has 0 aliphatic heterocycles. The first-order valence-electron chi connectivity index (χ1n) is 5.53. The summed E-state index contributed by atoms with van der Waals surface area (Å²) < 4.78 is 1.71. The van der Waals surface area contributed by atoms with E-state index in [1.165, 1.54) is 0 Å². The summed E-state index contributed by atoms with van der Waals surface area (Å²) in [7, 11) is 0. The largest absolute Gasteiger partial charge is 0.274 e. The smallest absolute Gasteiger partial charge is 0.208 e. The minimum atomic E-state index is 0.368. The summed E-state index contributed by atoms with van der Waals surface area (Å²) in [5.41, 5.74) is 3.10. The minimum absolute atomic E-state index is 0.368. The SMILES string of the molecule is Cc1nc(Cl)n2ccnc2c1-c1cccc(Cl)c1Cl. The monoisotopic (exact) mass is 311 g/mol. The zero-order chi connectivity index (χ0) is 13.6. The van der Waals surface area contributed by atoms with Crippen molar-refractivity contribution in [2.45, 2.75) is 6.92 Å². The van der Waals surface area contributed by atoms with Gasteiger partial charge in [-0.05, 0) is 24.6 Å². The van der Waals surface area contributed by atoms with Crippen molar-refractivity contribution in [2.24, 2.45) is 0 Å². The highest BCUT2D eigenvalue weighted by Gasteiger charge is 2.16. The van der Waals surface area contributed by atoms with Gasteiger partial charge in [-0.25, -0.2) is 9.97 Å². The zero-order valence-electron chi connectivity index (χ0n) is 9.86. The van der Waals surface area contributed by atoms with E-state index in [4.69, 9.17) is 34.8 Å². The first-order chi connectivity index (χ1) is 9.09. The topological polar surface area (TPSA) is 30.2 Å². The van der Waals surface area contributed by atoms with Gasteiger partial charge >= 0.3 is 0 Å². The van der Waals surface area contributed by atoms with Crippen molar-refractivity contribution < 1.29 is 0 Å². The van der Waals surface area contributed by atoms with E-state index < -0.39 is 0 Å². The van der Waals surface area contributed by atoms with Crippen LogP contribution in [-0.4, -0.2) is 14.4 Å². The van der Waals surface area contributed by atoms with E-state index in [1.807, 2.05) is 19.1 Å². The second-order valence-electron chi connectivity index (χ2n) is 4.06. The number of hydrogen-bond acceptors (Lipinski definition) is 2. The lowest BCUT2D eigenvalue weighted by Crippen LogP contribution is -1.98. The predicted octanol–water partition coefficient (Wildman–Crippen LogP) is 4.66. The number of rotatable bonds is 1. The molecule has 3 aromatic rings. The minimum Gasteiger partial charge on any atom is -0.274 e. The van der Waals surface area contributed by atoms with Crippen LogP contribution in [0.1, 0.15) is 5.69 Å². The highest BCUT2D eigenvalue weighted by atomic mass is 35.5. The van der Waals surface area contributed by atoms with Crippen LogP contribution in [0, 0.1) is 6.92 Å². The normalized spacial score (nSPS) is 11.2. The number of hydrogen-bond donors (Lipinski definition) is 0. The number of aryl methyl sites for hydroxylation is 1. The van der Waals surface area contributed by atoms with Gasteiger partial charge in [-0.15, -0.1) is 0 Å². The standard InChI is InChI=1S/C13H8Cl3N3/c1-7-10(8-3-2-4-9(14)11(8)15)12-17-5-6-19(12)13(16)18-7/h2-6H,1H3. The highest BCUT2D eigenvalue weighted by molar-refractivity contribution is 6.43. The van der Waals surface area contributed by atoms with Gasteiger partial charge in [0.25, 0.3) is 0 Å². The summed E-state index contributed by atoms with van der Waals surface area (Å²) in [6.07, 6.45) is 3.43. The number of halogens is 3. The third-order valence-electron chi connectivity index (χ3n) is 2.91. The van der Waals surface area contributed by atoms with Crippen LogP contribution in [-0.2, 0) is 0 Å². The second kappa shape index (κ2) is 4.67. The summed E-state index contributed by atoms with van der Waals surface area (Å²) >= 11 is 18.4. The third kappa shape index (κ3) is 1.98. The molecule has 2 heterocycles. The van der Waals surface area contributed by atoms with E-state index in [1.54, 1.807) is 22.9 Å².